The highest BCUT2D eigenvalue weighted by atomic mass is 16.6. The number of benzene rings is 1. The summed E-state index contributed by atoms with van der Waals surface area (Å²) in [6.45, 7) is 6.98. The molecular formula is C19H30N2O4. The molecule has 0 bridgehead atoms. The van der Waals surface area contributed by atoms with Crippen molar-refractivity contribution in [2.45, 2.75) is 58.7 Å². The Morgan fingerprint density at radius 2 is 1.44 bits per heavy atom. The normalized spacial score (nSPS) is 10.8. The minimum atomic E-state index is -0.467. The van der Waals surface area contributed by atoms with Gasteiger partial charge in [0.05, 0.1) is 0 Å². The van der Waals surface area contributed by atoms with Gasteiger partial charge in [0, 0.05) is 13.1 Å². The smallest absolute Gasteiger partial charge is 0.407 e. The van der Waals surface area contributed by atoms with Gasteiger partial charge in [-0.25, -0.2) is 9.59 Å². The van der Waals surface area contributed by atoms with Gasteiger partial charge in [0.15, 0.2) is 0 Å². The first-order valence-corrected chi connectivity index (χ1v) is 8.78. The molecule has 0 spiro atoms. The fourth-order valence-corrected chi connectivity index (χ4v) is 2.07. The molecule has 0 radical (unpaired) electrons. The summed E-state index contributed by atoms with van der Waals surface area (Å²) >= 11 is 0. The second kappa shape index (κ2) is 11.3. The molecule has 0 unspecified atom stereocenters. The van der Waals surface area contributed by atoms with Crippen molar-refractivity contribution < 1.29 is 19.1 Å². The number of alkyl carbamates (subject to hydrolysis) is 2. The highest BCUT2D eigenvalue weighted by Crippen LogP contribution is 2.06. The van der Waals surface area contributed by atoms with E-state index in [1.165, 1.54) is 0 Å². The maximum Gasteiger partial charge on any atom is 0.407 e. The zero-order chi connectivity index (χ0) is 18.5. The molecule has 25 heavy (non-hydrogen) atoms. The van der Waals surface area contributed by atoms with Crippen molar-refractivity contribution in [2.75, 3.05) is 13.1 Å². The van der Waals surface area contributed by atoms with Gasteiger partial charge in [-0.1, -0.05) is 43.2 Å². The summed E-state index contributed by atoms with van der Waals surface area (Å²) in [4.78, 5) is 23.0. The number of carbonyl (C=O) groups is 2. The van der Waals surface area contributed by atoms with E-state index < -0.39 is 11.7 Å². The van der Waals surface area contributed by atoms with Crippen LogP contribution in [-0.2, 0) is 16.1 Å². The number of ether oxygens (including phenoxy) is 2. The van der Waals surface area contributed by atoms with Crippen LogP contribution in [0.15, 0.2) is 30.3 Å². The lowest BCUT2D eigenvalue weighted by Crippen LogP contribution is -2.33. The third-order valence-electron chi connectivity index (χ3n) is 3.25. The Bertz CT molecular complexity index is 512. The Labute approximate surface area is 150 Å². The number of carbonyl (C=O) groups excluding carboxylic acids is 2. The third-order valence-corrected chi connectivity index (χ3v) is 3.25. The van der Waals surface area contributed by atoms with Crippen LogP contribution in [-0.4, -0.2) is 30.9 Å². The van der Waals surface area contributed by atoms with Crippen LogP contribution in [0.1, 0.15) is 52.0 Å². The summed E-state index contributed by atoms with van der Waals surface area (Å²) < 4.78 is 10.3. The Hall–Kier alpha value is -2.24. The van der Waals surface area contributed by atoms with Crippen LogP contribution in [0.5, 0.6) is 0 Å². The van der Waals surface area contributed by atoms with Crippen molar-refractivity contribution in [2.24, 2.45) is 0 Å². The molecular weight excluding hydrogens is 320 g/mol. The summed E-state index contributed by atoms with van der Waals surface area (Å²) in [6, 6.07) is 9.58. The Morgan fingerprint density at radius 1 is 0.880 bits per heavy atom. The molecule has 1 rings (SSSR count). The molecule has 1 aromatic rings. The molecule has 6 nitrogen and oxygen atoms in total. The number of rotatable bonds is 9. The minimum absolute atomic E-state index is 0.281. The van der Waals surface area contributed by atoms with Crippen molar-refractivity contribution in [3.63, 3.8) is 0 Å². The van der Waals surface area contributed by atoms with Crippen LogP contribution >= 0.6 is 0 Å². The lowest BCUT2D eigenvalue weighted by Gasteiger charge is -2.19. The van der Waals surface area contributed by atoms with Gasteiger partial charge >= 0.3 is 12.2 Å². The SMILES string of the molecule is CC(C)(C)OC(=O)NCCCCCCNC(=O)OCc1ccccc1. The van der Waals surface area contributed by atoms with E-state index in [0.717, 1.165) is 31.2 Å². The molecule has 2 amide bonds. The van der Waals surface area contributed by atoms with Crippen molar-refractivity contribution in [1.29, 1.82) is 0 Å². The largest absolute Gasteiger partial charge is 0.445 e. The van der Waals surface area contributed by atoms with Gasteiger partial charge in [-0.05, 0) is 39.2 Å². The zero-order valence-electron chi connectivity index (χ0n) is 15.5. The summed E-state index contributed by atoms with van der Waals surface area (Å²) in [5, 5.41) is 5.47. The van der Waals surface area contributed by atoms with E-state index in [-0.39, 0.29) is 12.7 Å². The monoisotopic (exact) mass is 350 g/mol. The molecule has 1 aromatic carbocycles. The van der Waals surface area contributed by atoms with E-state index >= 15 is 0 Å². The van der Waals surface area contributed by atoms with Gasteiger partial charge < -0.3 is 20.1 Å². The van der Waals surface area contributed by atoms with E-state index in [2.05, 4.69) is 10.6 Å². The molecule has 0 atom stereocenters. The Balaban J connectivity index is 1.93. The second-order valence-corrected chi connectivity index (χ2v) is 6.83. The fourth-order valence-electron chi connectivity index (χ4n) is 2.07. The van der Waals surface area contributed by atoms with E-state index in [4.69, 9.17) is 9.47 Å². The van der Waals surface area contributed by atoms with Gasteiger partial charge in [-0.3, -0.25) is 0 Å². The van der Waals surface area contributed by atoms with E-state index in [0.29, 0.717) is 13.1 Å². The first-order valence-electron chi connectivity index (χ1n) is 8.78. The number of hydrogen-bond acceptors (Lipinski definition) is 4. The molecule has 0 heterocycles. The lowest BCUT2D eigenvalue weighted by atomic mass is 10.2. The van der Waals surface area contributed by atoms with Gasteiger partial charge in [0.2, 0.25) is 0 Å². The highest BCUT2D eigenvalue weighted by molar-refractivity contribution is 5.67. The van der Waals surface area contributed by atoms with Crippen molar-refractivity contribution in [1.82, 2.24) is 10.6 Å². The highest BCUT2D eigenvalue weighted by Gasteiger charge is 2.15. The standard InChI is InChI=1S/C19H30N2O4/c1-19(2,3)25-18(23)21-14-10-5-4-9-13-20-17(22)24-15-16-11-7-6-8-12-16/h6-8,11-12H,4-5,9-10,13-15H2,1-3H3,(H,20,22)(H,21,23). The van der Waals surface area contributed by atoms with Crippen LogP contribution in [0.3, 0.4) is 0 Å². The maximum absolute atomic E-state index is 11.5. The maximum atomic E-state index is 11.5. The topological polar surface area (TPSA) is 76.7 Å². The summed E-state index contributed by atoms with van der Waals surface area (Å²) in [7, 11) is 0. The average molecular weight is 350 g/mol. The number of amides is 2. The van der Waals surface area contributed by atoms with Crippen LogP contribution in [0.2, 0.25) is 0 Å². The number of unbranched alkanes of at least 4 members (excludes halogenated alkanes) is 3. The third kappa shape index (κ3) is 11.9. The van der Waals surface area contributed by atoms with Crippen molar-refractivity contribution in [3.05, 3.63) is 35.9 Å². The van der Waals surface area contributed by atoms with Crippen LogP contribution in [0.25, 0.3) is 0 Å². The van der Waals surface area contributed by atoms with Crippen LogP contribution < -0.4 is 10.6 Å². The molecule has 0 aliphatic carbocycles. The minimum Gasteiger partial charge on any atom is -0.445 e. The van der Waals surface area contributed by atoms with Gasteiger partial charge in [-0.2, -0.15) is 0 Å². The average Bonchev–Trinajstić information content (AvgIpc) is 2.54. The van der Waals surface area contributed by atoms with E-state index in [1.807, 2.05) is 51.1 Å². The van der Waals surface area contributed by atoms with Crippen LogP contribution in [0, 0.1) is 0 Å². The molecule has 0 aliphatic rings. The second-order valence-electron chi connectivity index (χ2n) is 6.83. The predicted octanol–water partition coefficient (Wildman–Crippen LogP) is 4.00. The van der Waals surface area contributed by atoms with Gasteiger partial charge in [-0.15, -0.1) is 0 Å². The van der Waals surface area contributed by atoms with Crippen LogP contribution in [0.4, 0.5) is 9.59 Å². The predicted molar refractivity (Wildman–Crippen MR) is 97.3 cm³/mol. The molecule has 6 heteroatoms. The summed E-state index contributed by atoms with van der Waals surface area (Å²) in [5.74, 6) is 0. The van der Waals surface area contributed by atoms with Crippen molar-refractivity contribution in [3.8, 4) is 0 Å². The Morgan fingerprint density at radius 3 is 2.00 bits per heavy atom. The summed E-state index contributed by atoms with van der Waals surface area (Å²) in [5.41, 5.74) is 0.500. The molecule has 0 saturated carbocycles. The molecule has 2 N–H and O–H groups in total. The molecule has 0 aliphatic heterocycles. The first kappa shape index (κ1) is 20.8. The van der Waals surface area contributed by atoms with Gasteiger partial charge in [0.1, 0.15) is 12.2 Å². The first-order chi connectivity index (χ1) is 11.9. The summed E-state index contributed by atoms with van der Waals surface area (Å²) in [6.07, 6.45) is 2.96. The fraction of sp³-hybridized carbons (Fsp3) is 0.579. The molecule has 0 fully saturated rings. The van der Waals surface area contributed by atoms with Gasteiger partial charge in [0.25, 0.3) is 0 Å². The number of nitrogens with one attached hydrogen (secondary N) is 2. The quantitative estimate of drug-likeness (QED) is 0.660. The zero-order valence-corrected chi connectivity index (χ0v) is 15.5. The molecule has 0 saturated heterocycles. The van der Waals surface area contributed by atoms with Crippen molar-refractivity contribution >= 4 is 12.2 Å². The number of hydrogen-bond donors (Lipinski definition) is 2. The molecule has 0 aromatic heterocycles. The van der Waals surface area contributed by atoms with E-state index in [9.17, 15) is 9.59 Å². The van der Waals surface area contributed by atoms with E-state index in [1.54, 1.807) is 0 Å². The molecule has 140 valence electrons. The lowest BCUT2D eigenvalue weighted by molar-refractivity contribution is 0.0527. The Kier molecular flexibility index (Phi) is 9.43.